The first-order valence-corrected chi connectivity index (χ1v) is 5.22. The van der Waals surface area contributed by atoms with E-state index in [9.17, 15) is 4.79 Å². The molecule has 0 bridgehead atoms. The van der Waals surface area contributed by atoms with Crippen LogP contribution < -0.4 is 0 Å². The van der Waals surface area contributed by atoms with Crippen LogP contribution >= 0.6 is 0 Å². The van der Waals surface area contributed by atoms with Crippen LogP contribution in [0.4, 0.5) is 0 Å². The number of ether oxygens (including phenoxy) is 1. The lowest BCUT2D eigenvalue weighted by atomic mass is 10.1. The van der Waals surface area contributed by atoms with Crippen molar-refractivity contribution < 1.29 is 9.53 Å². The van der Waals surface area contributed by atoms with E-state index in [1.165, 1.54) is 0 Å². The van der Waals surface area contributed by atoms with E-state index in [4.69, 9.17) is 10.00 Å². The molecule has 0 aromatic rings. The Morgan fingerprint density at radius 1 is 1.47 bits per heavy atom. The molecule has 4 heteroatoms. The fraction of sp³-hybridized carbons (Fsp3) is 0.818. The van der Waals surface area contributed by atoms with Gasteiger partial charge in [-0.1, -0.05) is 13.8 Å². The van der Waals surface area contributed by atoms with E-state index in [1.54, 1.807) is 7.11 Å². The molecule has 86 valence electrons. The number of methoxy groups -OCH3 is 1. The minimum atomic E-state index is 0.0529. The van der Waals surface area contributed by atoms with Crippen molar-refractivity contribution in [2.24, 2.45) is 5.92 Å². The maximum absolute atomic E-state index is 11.5. The third kappa shape index (κ3) is 7.06. The van der Waals surface area contributed by atoms with E-state index in [1.807, 2.05) is 18.7 Å². The number of Topliss-reactive ketones (excluding diaryl/α,β-unsaturated/α-hetero) is 1. The highest BCUT2D eigenvalue weighted by molar-refractivity contribution is 5.82. The van der Waals surface area contributed by atoms with Gasteiger partial charge in [0.25, 0.3) is 0 Å². The monoisotopic (exact) mass is 212 g/mol. The van der Waals surface area contributed by atoms with Gasteiger partial charge in [-0.05, 0) is 0 Å². The Hall–Kier alpha value is -0.920. The number of ketones is 1. The van der Waals surface area contributed by atoms with Crippen molar-refractivity contribution in [3.05, 3.63) is 0 Å². The number of carbonyl (C=O) groups excluding carboxylic acids is 1. The fourth-order valence-corrected chi connectivity index (χ4v) is 1.10. The summed E-state index contributed by atoms with van der Waals surface area (Å²) in [6.07, 6.45) is 0.453. The summed E-state index contributed by atoms with van der Waals surface area (Å²) in [5.41, 5.74) is 0. The van der Waals surface area contributed by atoms with Crippen molar-refractivity contribution in [2.45, 2.75) is 20.3 Å². The van der Waals surface area contributed by atoms with Crippen molar-refractivity contribution in [1.29, 1.82) is 5.26 Å². The number of hydrogen-bond donors (Lipinski definition) is 0. The van der Waals surface area contributed by atoms with Gasteiger partial charge in [0.15, 0.2) is 0 Å². The molecule has 0 N–H and O–H groups in total. The van der Waals surface area contributed by atoms with Crippen molar-refractivity contribution in [3.8, 4) is 6.07 Å². The first-order chi connectivity index (χ1) is 7.11. The van der Waals surface area contributed by atoms with Crippen LogP contribution in [0.2, 0.25) is 0 Å². The van der Waals surface area contributed by atoms with Gasteiger partial charge in [-0.2, -0.15) is 5.26 Å². The molecule has 0 amide bonds. The number of rotatable bonds is 8. The molecular weight excluding hydrogens is 192 g/mol. The average molecular weight is 212 g/mol. The Morgan fingerprint density at radius 3 is 2.60 bits per heavy atom. The minimum absolute atomic E-state index is 0.0529. The number of nitrogens with zero attached hydrogens (tertiary/aromatic N) is 2. The van der Waals surface area contributed by atoms with E-state index in [0.717, 1.165) is 0 Å². The third-order valence-corrected chi connectivity index (χ3v) is 2.17. The smallest absolute Gasteiger partial charge is 0.149 e. The lowest BCUT2D eigenvalue weighted by Gasteiger charge is -2.20. The molecule has 0 fully saturated rings. The summed E-state index contributed by atoms with van der Waals surface area (Å²) in [7, 11) is 1.63. The molecule has 0 saturated carbocycles. The molecule has 0 aliphatic carbocycles. The molecule has 0 heterocycles. The molecule has 0 saturated heterocycles. The molecule has 0 radical (unpaired) electrons. The largest absolute Gasteiger partial charge is 0.383 e. The van der Waals surface area contributed by atoms with Crippen LogP contribution in [0.3, 0.4) is 0 Å². The first kappa shape index (κ1) is 14.1. The zero-order valence-corrected chi connectivity index (χ0v) is 9.82. The highest BCUT2D eigenvalue weighted by Gasteiger charge is 2.12. The van der Waals surface area contributed by atoms with Crippen LogP contribution in [0.5, 0.6) is 0 Å². The Balaban J connectivity index is 4.00. The first-order valence-electron chi connectivity index (χ1n) is 5.22. The maximum Gasteiger partial charge on any atom is 0.149 e. The molecule has 0 aromatic heterocycles. The van der Waals surface area contributed by atoms with Gasteiger partial charge in [0.2, 0.25) is 0 Å². The molecule has 0 rings (SSSR count). The topological polar surface area (TPSA) is 53.3 Å². The van der Waals surface area contributed by atoms with Gasteiger partial charge in [0, 0.05) is 32.5 Å². The predicted octanol–water partition coefficient (Wildman–Crippen LogP) is 1.07. The van der Waals surface area contributed by atoms with Gasteiger partial charge >= 0.3 is 0 Å². The summed E-state index contributed by atoms with van der Waals surface area (Å²) < 4.78 is 4.96. The third-order valence-electron chi connectivity index (χ3n) is 2.17. The van der Waals surface area contributed by atoms with Gasteiger partial charge in [-0.25, -0.2) is 0 Å². The second-order valence-corrected chi connectivity index (χ2v) is 3.80. The maximum atomic E-state index is 11.5. The molecule has 0 unspecified atom stereocenters. The Morgan fingerprint density at radius 2 is 2.13 bits per heavy atom. The Kier molecular flexibility index (Phi) is 7.88. The van der Waals surface area contributed by atoms with Crippen molar-refractivity contribution in [3.63, 3.8) is 0 Å². The van der Waals surface area contributed by atoms with Gasteiger partial charge in [-0.15, -0.1) is 0 Å². The molecule has 0 aliphatic heterocycles. The van der Waals surface area contributed by atoms with E-state index in [-0.39, 0.29) is 11.7 Å². The molecule has 0 atom stereocenters. The minimum Gasteiger partial charge on any atom is -0.383 e. The normalized spacial score (nSPS) is 10.7. The summed E-state index contributed by atoms with van der Waals surface area (Å²) in [6, 6.07) is 2.08. The lowest BCUT2D eigenvalue weighted by molar-refractivity contribution is -0.123. The summed E-state index contributed by atoms with van der Waals surface area (Å²) in [5, 5.41) is 8.49. The van der Waals surface area contributed by atoms with Crippen molar-refractivity contribution >= 4 is 5.78 Å². The molecule has 0 spiro atoms. The second-order valence-electron chi connectivity index (χ2n) is 3.80. The highest BCUT2D eigenvalue weighted by Crippen LogP contribution is 1.99. The highest BCUT2D eigenvalue weighted by atomic mass is 16.5. The molecule has 0 aromatic carbocycles. The zero-order valence-electron chi connectivity index (χ0n) is 9.82. The number of hydrogen-bond acceptors (Lipinski definition) is 4. The fourth-order valence-electron chi connectivity index (χ4n) is 1.10. The quantitative estimate of drug-likeness (QED) is 0.604. The molecule has 15 heavy (non-hydrogen) atoms. The summed E-state index contributed by atoms with van der Waals surface area (Å²) >= 11 is 0. The van der Waals surface area contributed by atoms with Gasteiger partial charge in [-0.3, -0.25) is 9.69 Å². The van der Waals surface area contributed by atoms with Crippen LogP contribution in [-0.2, 0) is 9.53 Å². The summed E-state index contributed by atoms with van der Waals surface area (Å²) in [6.45, 7) is 6.14. The number of nitriles is 1. The molecular formula is C11H20N2O2. The Labute approximate surface area is 91.8 Å². The standard InChI is InChI=1S/C11H20N2O2/c1-10(2)11(14)9-13(6-4-5-12)7-8-15-3/h10H,4,6-9H2,1-3H3. The second kappa shape index (κ2) is 8.39. The van der Waals surface area contributed by atoms with Crippen LogP contribution in [0.25, 0.3) is 0 Å². The Bertz CT molecular complexity index is 221. The lowest BCUT2D eigenvalue weighted by Crippen LogP contribution is -2.35. The van der Waals surface area contributed by atoms with Crippen LogP contribution in [0.15, 0.2) is 0 Å². The van der Waals surface area contributed by atoms with E-state index >= 15 is 0 Å². The summed E-state index contributed by atoms with van der Waals surface area (Å²) in [5.74, 6) is 0.265. The van der Waals surface area contributed by atoms with E-state index in [0.29, 0.717) is 32.7 Å². The summed E-state index contributed by atoms with van der Waals surface area (Å²) in [4.78, 5) is 13.5. The van der Waals surface area contributed by atoms with Gasteiger partial charge in [0.1, 0.15) is 5.78 Å². The SMILES string of the molecule is COCCN(CCC#N)CC(=O)C(C)C. The average Bonchev–Trinajstić information content (AvgIpc) is 2.21. The van der Waals surface area contributed by atoms with Crippen LogP contribution in [0, 0.1) is 17.2 Å². The zero-order chi connectivity index (χ0) is 11.7. The van der Waals surface area contributed by atoms with Crippen molar-refractivity contribution in [1.82, 2.24) is 4.90 Å². The molecule has 4 nitrogen and oxygen atoms in total. The van der Waals surface area contributed by atoms with Gasteiger partial charge < -0.3 is 4.74 Å². The van der Waals surface area contributed by atoms with E-state index in [2.05, 4.69) is 6.07 Å². The van der Waals surface area contributed by atoms with Crippen LogP contribution in [0.1, 0.15) is 20.3 Å². The van der Waals surface area contributed by atoms with Crippen LogP contribution in [-0.4, -0.2) is 44.0 Å². The van der Waals surface area contributed by atoms with Crippen molar-refractivity contribution in [2.75, 3.05) is 33.4 Å². The number of carbonyl (C=O) groups is 1. The molecule has 0 aliphatic rings. The van der Waals surface area contributed by atoms with Gasteiger partial charge in [0.05, 0.1) is 19.2 Å². The predicted molar refractivity (Wildman–Crippen MR) is 58.4 cm³/mol. The van der Waals surface area contributed by atoms with E-state index < -0.39 is 0 Å².